The predicted molar refractivity (Wildman–Crippen MR) is 175 cm³/mol. The lowest BCUT2D eigenvalue weighted by Crippen LogP contribution is -2.25. The Kier molecular flexibility index (Phi) is 8.34. The Morgan fingerprint density at radius 1 is 1.04 bits per heavy atom. The van der Waals surface area contributed by atoms with Crippen LogP contribution in [0.2, 0.25) is 0 Å². The van der Waals surface area contributed by atoms with Crippen molar-refractivity contribution in [3.63, 3.8) is 0 Å². The number of imidazole rings is 1. The Bertz CT molecular complexity index is 2020. The fourth-order valence-corrected chi connectivity index (χ4v) is 5.81. The maximum atomic E-state index is 14.8. The van der Waals surface area contributed by atoms with Crippen molar-refractivity contribution in [1.29, 1.82) is 0 Å². The van der Waals surface area contributed by atoms with Gasteiger partial charge in [0.25, 0.3) is 0 Å². The number of halogens is 1. The molecule has 6 heterocycles. The van der Waals surface area contributed by atoms with Crippen molar-refractivity contribution in [3.05, 3.63) is 67.0 Å². The van der Waals surface area contributed by atoms with Gasteiger partial charge in [0.2, 0.25) is 5.91 Å². The number of carbonyl (C=O) groups is 1. The van der Waals surface area contributed by atoms with Crippen LogP contribution in [0.25, 0.3) is 56.0 Å². The number of nitrogens with one attached hydrogen (secondary N) is 3. The minimum atomic E-state index is -0.402. The third-order valence-electron chi connectivity index (χ3n) is 8.18. The molecule has 11 nitrogen and oxygen atoms in total. The molecule has 1 fully saturated rings. The zero-order valence-electron chi connectivity index (χ0n) is 25.5. The number of likely N-dealkylation sites (tertiary alicyclic amines) is 1. The van der Waals surface area contributed by atoms with Gasteiger partial charge < -0.3 is 15.0 Å². The van der Waals surface area contributed by atoms with Gasteiger partial charge >= 0.3 is 0 Å². The molecule has 1 aliphatic heterocycles. The topological polar surface area (TPSA) is 138 Å². The standard InChI is InChI=1S/C34H34FN9O2/c1-2-3-6-29(45)39-25-14-22(18-36-20-25)23-16-27-31(42-43-33(27)38-19-23)34-40-28-7-8-37-30(32(28)41-34)21-13-24(35)17-26(15-21)46-12-11-44-9-4-5-10-44/h7-8,13-20H,2-6,9-12H2,1H3,(H,39,45)(H,40,41)(H,38,42,43). The van der Waals surface area contributed by atoms with E-state index >= 15 is 0 Å². The van der Waals surface area contributed by atoms with Crippen LogP contribution in [-0.4, -0.2) is 72.2 Å². The van der Waals surface area contributed by atoms with Crippen LogP contribution < -0.4 is 10.1 Å². The Balaban J connectivity index is 1.17. The predicted octanol–water partition coefficient (Wildman–Crippen LogP) is 6.37. The van der Waals surface area contributed by atoms with Crippen molar-refractivity contribution in [1.82, 2.24) is 40.0 Å². The second-order valence-electron chi connectivity index (χ2n) is 11.5. The van der Waals surface area contributed by atoms with Gasteiger partial charge in [-0.15, -0.1) is 0 Å². The van der Waals surface area contributed by atoms with Crippen LogP contribution in [0.15, 0.2) is 61.2 Å². The molecule has 1 amide bonds. The number of unbranched alkanes of at least 4 members (excludes halogenated alkanes) is 1. The highest BCUT2D eigenvalue weighted by atomic mass is 19.1. The molecule has 46 heavy (non-hydrogen) atoms. The smallest absolute Gasteiger partial charge is 0.224 e. The molecule has 0 aliphatic carbocycles. The number of carbonyl (C=O) groups excluding carboxylic acids is 1. The van der Waals surface area contributed by atoms with Gasteiger partial charge in [-0.2, -0.15) is 5.10 Å². The number of pyridine rings is 3. The Morgan fingerprint density at radius 2 is 1.91 bits per heavy atom. The van der Waals surface area contributed by atoms with Gasteiger partial charge in [0.1, 0.15) is 29.4 Å². The molecule has 0 atom stereocenters. The third kappa shape index (κ3) is 6.29. The molecule has 1 saturated heterocycles. The minimum Gasteiger partial charge on any atom is -0.492 e. The molecule has 0 spiro atoms. The summed E-state index contributed by atoms with van der Waals surface area (Å²) in [6.45, 7) is 5.52. The molecule has 6 aromatic rings. The summed E-state index contributed by atoms with van der Waals surface area (Å²) in [5, 5.41) is 11.1. The van der Waals surface area contributed by atoms with Crippen molar-refractivity contribution in [2.24, 2.45) is 0 Å². The quantitative estimate of drug-likeness (QED) is 0.152. The molecule has 0 unspecified atom stereocenters. The van der Waals surface area contributed by atoms with Crippen LogP contribution in [0.1, 0.15) is 39.0 Å². The highest BCUT2D eigenvalue weighted by molar-refractivity contribution is 5.96. The highest BCUT2D eigenvalue weighted by Gasteiger charge is 2.18. The summed E-state index contributed by atoms with van der Waals surface area (Å²) in [6.07, 6.45) is 11.4. The maximum Gasteiger partial charge on any atom is 0.224 e. The van der Waals surface area contributed by atoms with E-state index in [-0.39, 0.29) is 5.91 Å². The second-order valence-corrected chi connectivity index (χ2v) is 11.5. The molecule has 1 aliphatic rings. The summed E-state index contributed by atoms with van der Waals surface area (Å²) in [5.41, 5.74) is 5.85. The van der Waals surface area contributed by atoms with E-state index in [1.807, 2.05) is 18.2 Å². The molecule has 0 saturated carbocycles. The molecule has 0 bridgehead atoms. The van der Waals surface area contributed by atoms with Crippen LogP contribution in [0.3, 0.4) is 0 Å². The number of hydrogen-bond donors (Lipinski definition) is 3. The van der Waals surface area contributed by atoms with E-state index in [2.05, 4.69) is 47.3 Å². The van der Waals surface area contributed by atoms with Crippen molar-refractivity contribution in [2.45, 2.75) is 39.0 Å². The average Bonchev–Trinajstić information content (AvgIpc) is 3.83. The van der Waals surface area contributed by atoms with Crippen LogP contribution in [0.5, 0.6) is 5.75 Å². The van der Waals surface area contributed by atoms with E-state index in [1.165, 1.54) is 25.0 Å². The van der Waals surface area contributed by atoms with Gasteiger partial charge in [-0.3, -0.25) is 24.8 Å². The first-order valence-electron chi connectivity index (χ1n) is 15.6. The second kappa shape index (κ2) is 13.0. The molecular formula is C34H34FN9O2. The zero-order valence-corrected chi connectivity index (χ0v) is 25.5. The number of aromatic nitrogens is 7. The number of rotatable bonds is 11. The van der Waals surface area contributed by atoms with Gasteiger partial charge in [0.05, 0.1) is 28.5 Å². The monoisotopic (exact) mass is 619 g/mol. The summed E-state index contributed by atoms with van der Waals surface area (Å²) in [6, 6.07) is 10.3. The number of hydrogen-bond acceptors (Lipinski definition) is 8. The van der Waals surface area contributed by atoms with E-state index in [4.69, 9.17) is 9.72 Å². The Labute approximate surface area is 264 Å². The molecule has 5 aromatic heterocycles. The van der Waals surface area contributed by atoms with Crippen molar-refractivity contribution in [2.75, 3.05) is 31.6 Å². The van der Waals surface area contributed by atoms with Crippen LogP contribution in [0, 0.1) is 5.82 Å². The van der Waals surface area contributed by atoms with E-state index in [1.54, 1.807) is 30.9 Å². The summed E-state index contributed by atoms with van der Waals surface area (Å²) in [4.78, 5) is 36.3. The number of benzene rings is 1. The normalized spacial score (nSPS) is 13.5. The summed E-state index contributed by atoms with van der Waals surface area (Å²) < 4.78 is 20.7. The average molecular weight is 620 g/mol. The van der Waals surface area contributed by atoms with E-state index in [0.717, 1.165) is 54.5 Å². The first-order valence-corrected chi connectivity index (χ1v) is 15.6. The lowest BCUT2D eigenvalue weighted by Gasteiger charge is -2.15. The summed E-state index contributed by atoms with van der Waals surface area (Å²) in [5.74, 6) is 0.561. The first kappa shape index (κ1) is 29.5. The molecule has 3 N–H and O–H groups in total. The van der Waals surface area contributed by atoms with Gasteiger partial charge in [-0.1, -0.05) is 13.3 Å². The lowest BCUT2D eigenvalue weighted by atomic mass is 10.1. The third-order valence-corrected chi connectivity index (χ3v) is 8.18. The molecule has 234 valence electrons. The Morgan fingerprint density at radius 3 is 2.78 bits per heavy atom. The highest BCUT2D eigenvalue weighted by Crippen LogP contribution is 2.33. The summed E-state index contributed by atoms with van der Waals surface area (Å²) >= 11 is 0. The summed E-state index contributed by atoms with van der Waals surface area (Å²) in [7, 11) is 0. The fourth-order valence-electron chi connectivity index (χ4n) is 5.81. The zero-order chi connectivity index (χ0) is 31.5. The van der Waals surface area contributed by atoms with Crippen molar-refractivity contribution in [3.8, 4) is 39.7 Å². The van der Waals surface area contributed by atoms with Gasteiger partial charge in [-0.25, -0.2) is 14.4 Å². The van der Waals surface area contributed by atoms with Crippen molar-refractivity contribution >= 4 is 33.7 Å². The van der Waals surface area contributed by atoms with E-state index < -0.39 is 5.82 Å². The number of fused-ring (bicyclic) bond motifs is 2. The molecule has 12 heteroatoms. The van der Waals surface area contributed by atoms with E-state index in [0.29, 0.717) is 58.4 Å². The molecule has 1 aromatic carbocycles. The number of H-pyrrole nitrogens is 2. The van der Waals surface area contributed by atoms with Gasteiger partial charge in [0, 0.05) is 54.3 Å². The first-order chi connectivity index (χ1) is 22.5. The van der Waals surface area contributed by atoms with Gasteiger partial charge in [0.15, 0.2) is 11.5 Å². The largest absolute Gasteiger partial charge is 0.492 e. The Hall–Kier alpha value is -5.23. The number of ether oxygens (including phenoxy) is 1. The number of aromatic amines is 2. The van der Waals surface area contributed by atoms with Gasteiger partial charge in [-0.05, 0) is 62.7 Å². The number of amides is 1. The van der Waals surface area contributed by atoms with Crippen LogP contribution >= 0.6 is 0 Å². The van der Waals surface area contributed by atoms with Crippen LogP contribution in [-0.2, 0) is 4.79 Å². The molecule has 0 radical (unpaired) electrons. The van der Waals surface area contributed by atoms with Crippen molar-refractivity contribution < 1.29 is 13.9 Å². The minimum absolute atomic E-state index is 0.0373. The van der Waals surface area contributed by atoms with Crippen LogP contribution in [0.4, 0.5) is 10.1 Å². The lowest BCUT2D eigenvalue weighted by molar-refractivity contribution is -0.116. The molecular weight excluding hydrogens is 585 g/mol. The molecule has 7 rings (SSSR count). The van der Waals surface area contributed by atoms with E-state index in [9.17, 15) is 9.18 Å². The number of anilines is 1. The maximum absolute atomic E-state index is 14.8. The number of nitrogens with zero attached hydrogens (tertiary/aromatic N) is 6. The SMILES string of the molecule is CCCCC(=O)Nc1cncc(-c2cnc3n[nH]c(-c4nc5c(-c6cc(F)cc(OCCN7CCCC7)c6)nccc5[nH]4)c3c2)c1. The fraction of sp³-hybridized carbons (Fsp3) is 0.294.